The summed E-state index contributed by atoms with van der Waals surface area (Å²) >= 11 is 0. The van der Waals surface area contributed by atoms with Gasteiger partial charge in [0, 0.05) is 17.4 Å². The Balaban J connectivity index is 1.43. The monoisotopic (exact) mass is 353 g/mol. The Labute approximate surface area is 152 Å². The zero-order valence-corrected chi connectivity index (χ0v) is 14.7. The molecule has 1 heterocycles. The number of furan rings is 1. The number of nitrogens with two attached hydrogens (primary N) is 1. The SMILES string of the molecule is Cc1cc(NC(=O)C2C3CCC(C3)C2N)ccc1NC(=O)c1ccco1. The van der Waals surface area contributed by atoms with Gasteiger partial charge in [-0.2, -0.15) is 0 Å². The van der Waals surface area contributed by atoms with Crippen molar-refractivity contribution in [1.82, 2.24) is 0 Å². The minimum atomic E-state index is -0.303. The van der Waals surface area contributed by atoms with E-state index in [4.69, 9.17) is 10.2 Å². The molecule has 6 nitrogen and oxygen atoms in total. The second kappa shape index (κ2) is 6.61. The molecule has 6 heteroatoms. The van der Waals surface area contributed by atoms with Gasteiger partial charge in [0.1, 0.15) is 0 Å². The Morgan fingerprint density at radius 3 is 2.62 bits per heavy atom. The Bertz CT molecular complexity index is 829. The van der Waals surface area contributed by atoms with E-state index in [9.17, 15) is 9.59 Å². The first-order valence-electron chi connectivity index (χ1n) is 9.05. The average molecular weight is 353 g/mol. The van der Waals surface area contributed by atoms with Gasteiger partial charge in [-0.05, 0) is 73.9 Å². The Hall–Kier alpha value is -2.60. The van der Waals surface area contributed by atoms with E-state index < -0.39 is 0 Å². The summed E-state index contributed by atoms with van der Waals surface area (Å²) in [4.78, 5) is 24.8. The lowest BCUT2D eigenvalue weighted by Crippen LogP contribution is -2.42. The van der Waals surface area contributed by atoms with Crippen molar-refractivity contribution in [3.05, 3.63) is 47.9 Å². The molecule has 0 saturated heterocycles. The van der Waals surface area contributed by atoms with Crippen molar-refractivity contribution in [2.75, 3.05) is 10.6 Å². The highest BCUT2D eigenvalue weighted by Crippen LogP contribution is 2.47. The third-order valence-corrected chi connectivity index (χ3v) is 5.77. The lowest BCUT2D eigenvalue weighted by molar-refractivity contribution is -0.121. The van der Waals surface area contributed by atoms with Gasteiger partial charge in [0.25, 0.3) is 5.91 Å². The number of nitrogens with one attached hydrogen (secondary N) is 2. The minimum Gasteiger partial charge on any atom is -0.459 e. The number of anilines is 2. The smallest absolute Gasteiger partial charge is 0.291 e. The average Bonchev–Trinajstić information content (AvgIpc) is 3.33. The van der Waals surface area contributed by atoms with Gasteiger partial charge in [0.05, 0.1) is 12.2 Å². The number of benzene rings is 1. The Kier molecular flexibility index (Phi) is 4.28. The molecule has 0 spiro atoms. The van der Waals surface area contributed by atoms with Crippen molar-refractivity contribution in [2.24, 2.45) is 23.5 Å². The summed E-state index contributed by atoms with van der Waals surface area (Å²) < 4.78 is 5.09. The van der Waals surface area contributed by atoms with Gasteiger partial charge in [-0.3, -0.25) is 9.59 Å². The van der Waals surface area contributed by atoms with E-state index >= 15 is 0 Å². The van der Waals surface area contributed by atoms with E-state index in [2.05, 4.69) is 10.6 Å². The lowest BCUT2D eigenvalue weighted by Gasteiger charge is -2.27. The van der Waals surface area contributed by atoms with Gasteiger partial charge in [0.2, 0.25) is 5.91 Å². The molecule has 26 heavy (non-hydrogen) atoms. The van der Waals surface area contributed by atoms with E-state index in [0.29, 0.717) is 17.5 Å². The summed E-state index contributed by atoms with van der Waals surface area (Å²) in [5.41, 5.74) is 8.52. The quantitative estimate of drug-likeness (QED) is 0.786. The Morgan fingerprint density at radius 2 is 1.96 bits per heavy atom. The van der Waals surface area contributed by atoms with Gasteiger partial charge >= 0.3 is 0 Å². The van der Waals surface area contributed by atoms with Crippen LogP contribution in [0.1, 0.15) is 35.4 Å². The number of hydrogen-bond acceptors (Lipinski definition) is 4. The van der Waals surface area contributed by atoms with Crippen LogP contribution in [0.15, 0.2) is 41.0 Å². The zero-order valence-electron chi connectivity index (χ0n) is 14.7. The van der Waals surface area contributed by atoms with Crippen LogP contribution in [-0.2, 0) is 4.79 Å². The Morgan fingerprint density at radius 1 is 1.15 bits per heavy atom. The molecule has 2 aromatic rings. The molecule has 4 atom stereocenters. The second-order valence-electron chi connectivity index (χ2n) is 7.39. The van der Waals surface area contributed by atoms with Gasteiger partial charge in [-0.1, -0.05) is 0 Å². The molecule has 1 aromatic heterocycles. The lowest BCUT2D eigenvalue weighted by atomic mass is 9.84. The van der Waals surface area contributed by atoms with E-state index in [0.717, 1.165) is 30.5 Å². The van der Waals surface area contributed by atoms with Crippen LogP contribution in [0, 0.1) is 24.7 Å². The maximum atomic E-state index is 12.7. The predicted molar refractivity (Wildman–Crippen MR) is 98.8 cm³/mol. The van der Waals surface area contributed by atoms with E-state index in [1.165, 1.54) is 6.26 Å². The van der Waals surface area contributed by atoms with Crippen LogP contribution >= 0.6 is 0 Å². The first-order valence-corrected chi connectivity index (χ1v) is 9.05. The third-order valence-electron chi connectivity index (χ3n) is 5.77. The molecular formula is C20H23N3O3. The predicted octanol–water partition coefficient (Wildman–Crippen LogP) is 3.15. The molecule has 1 aromatic carbocycles. The van der Waals surface area contributed by atoms with Gasteiger partial charge in [-0.15, -0.1) is 0 Å². The summed E-state index contributed by atoms with van der Waals surface area (Å²) in [6.07, 6.45) is 4.79. The van der Waals surface area contributed by atoms with Crippen molar-refractivity contribution < 1.29 is 14.0 Å². The molecule has 4 unspecified atom stereocenters. The molecule has 2 bridgehead atoms. The van der Waals surface area contributed by atoms with E-state index in [1.807, 2.05) is 13.0 Å². The van der Waals surface area contributed by atoms with Crippen LogP contribution in [-0.4, -0.2) is 17.9 Å². The fraction of sp³-hybridized carbons (Fsp3) is 0.400. The van der Waals surface area contributed by atoms with Crippen LogP contribution in [0.5, 0.6) is 0 Å². The fourth-order valence-corrected chi connectivity index (χ4v) is 4.42. The molecule has 4 N–H and O–H groups in total. The molecule has 4 rings (SSSR count). The summed E-state index contributed by atoms with van der Waals surface area (Å²) in [7, 11) is 0. The normalized spacial score (nSPS) is 26.7. The molecule has 136 valence electrons. The van der Waals surface area contributed by atoms with Gasteiger partial charge < -0.3 is 20.8 Å². The number of fused-ring (bicyclic) bond motifs is 2. The van der Waals surface area contributed by atoms with Crippen molar-refractivity contribution >= 4 is 23.2 Å². The van der Waals surface area contributed by atoms with Crippen molar-refractivity contribution in [2.45, 2.75) is 32.2 Å². The summed E-state index contributed by atoms with van der Waals surface area (Å²) in [6, 6.07) is 8.68. The summed E-state index contributed by atoms with van der Waals surface area (Å²) in [6.45, 7) is 1.89. The van der Waals surface area contributed by atoms with E-state index in [1.54, 1.807) is 24.3 Å². The van der Waals surface area contributed by atoms with Crippen molar-refractivity contribution in [1.29, 1.82) is 0 Å². The fourth-order valence-electron chi connectivity index (χ4n) is 4.42. The number of hydrogen-bond donors (Lipinski definition) is 3. The van der Waals surface area contributed by atoms with Gasteiger partial charge in [0.15, 0.2) is 5.76 Å². The highest BCUT2D eigenvalue weighted by Gasteiger charge is 2.49. The van der Waals surface area contributed by atoms with Crippen molar-refractivity contribution in [3.8, 4) is 0 Å². The van der Waals surface area contributed by atoms with E-state index in [-0.39, 0.29) is 29.5 Å². The molecule has 2 aliphatic rings. The van der Waals surface area contributed by atoms with Crippen LogP contribution in [0.2, 0.25) is 0 Å². The molecule has 0 aliphatic heterocycles. The number of rotatable bonds is 4. The maximum Gasteiger partial charge on any atom is 0.291 e. The largest absolute Gasteiger partial charge is 0.459 e. The standard InChI is InChI=1S/C20H23N3O3/c1-11-9-14(6-7-15(11)23-19(24)16-3-2-8-26-16)22-20(25)17-12-4-5-13(10-12)18(17)21/h2-3,6-9,12-13,17-18H,4-5,10,21H2,1H3,(H,22,25)(H,23,24). The van der Waals surface area contributed by atoms with Crippen LogP contribution < -0.4 is 16.4 Å². The topological polar surface area (TPSA) is 97.4 Å². The first kappa shape index (κ1) is 16.8. The number of carbonyl (C=O) groups excluding carboxylic acids is 2. The third kappa shape index (κ3) is 3.01. The van der Waals surface area contributed by atoms with Gasteiger partial charge in [-0.25, -0.2) is 0 Å². The molecular weight excluding hydrogens is 330 g/mol. The molecule has 2 amide bonds. The molecule has 0 radical (unpaired) electrons. The molecule has 2 fully saturated rings. The minimum absolute atomic E-state index is 0.0106. The first-order chi connectivity index (χ1) is 12.5. The maximum absolute atomic E-state index is 12.7. The number of aryl methyl sites for hydroxylation is 1. The summed E-state index contributed by atoms with van der Waals surface area (Å²) in [5.74, 6) is 0.790. The summed E-state index contributed by atoms with van der Waals surface area (Å²) in [5, 5.41) is 5.81. The zero-order chi connectivity index (χ0) is 18.3. The van der Waals surface area contributed by atoms with Crippen LogP contribution in [0.3, 0.4) is 0 Å². The number of carbonyl (C=O) groups is 2. The highest BCUT2D eigenvalue weighted by atomic mass is 16.3. The van der Waals surface area contributed by atoms with Crippen molar-refractivity contribution in [3.63, 3.8) is 0 Å². The van der Waals surface area contributed by atoms with Crippen LogP contribution in [0.4, 0.5) is 11.4 Å². The molecule has 2 aliphatic carbocycles. The highest BCUT2D eigenvalue weighted by molar-refractivity contribution is 6.03. The van der Waals surface area contributed by atoms with Crippen LogP contribution in [0.25, 0.3) is 0 Å². The number of amides is 2. The second-order valence-corrected chi connectivity index (χ2v) is 7.39. The molecule has 2 saturated carbocycles.